The molecule has 196 valence electrons. The highest BCUT2D eigenvalue weighted by molar-refractivity contribution is 7.89. The molecular formula is C24H20Cl2F3N3O4S. The summed E-state index contributed by atoms with van der Waals surface area (Å²) in [6.07, 6.45) is -4.33. The smallest absolute Gasteiger partial charge is 0.416 e. The summed E-state index contributed by atoms with van der Waals surface area (Å²) in [6, 6.07) is 8.01. The Morgan fingerprint density at radius 1 is 1.11 bits per heavy atom. The molecule has 0 bridgehead atoms. The van der Waals surface area contributed by atoms with Gasteiger partial charge in [0, 0.05) is 45.9 Å². The minimum atomic E-state index is -4.71. The summed E-state index contributed by atoms with van der Waals surface area (Å²) >= 11 is 12.4. The van der Waals surface area contributed by atoms with Gasteiger partial charge in [-0.3, -0.25) is 4.79 Å². The standard InChI is InChI=1S/C24H20Cl2F3N3O4S/c1-3-6-37(35,36)32(2)12-13-7-15(25)9-18(22(13)33)21-10-16(19(11-30)23(34)31-21)17-8-14(24(27,28)29)4-5-20(17)26/h4-5,7-10,33H,3,6,12H2,1-2H3,(H,31,34). The number of aromatic amines is 1. The average molecular weight is 574 g/mol. The molecule has 37 heavy (non-hydrogen) atoms. The normalized spacial score (nSPS) is 12.1. The van der Waals surface area contributed by atoms with E-state index in [2.05, 4.69) is 4.98 Å². The van der Waals surface area contributed by atoms with Crippen LogP contribution in [0.2, 0.25) is 10.0 Å². The van der Waals surface area contributed by atoms with Crippen LogP contribution in [0.4, 0.5) is 13.2 Å². The van der Waals surface area contributed by atoms with Crippen LogP contribution >= 0.6 is 23.2 Å². The monoisotopic (exact) mass is 573 g/mol. The Hall–Kier alpha value is -3.04. The summed E-state index contributed by atoms with van der Waals surface area (Å²) in [5.41, 5.74) is -2.87. The van der Waals surface area contributed by atoms with E-state index in [1.165, 1.54) is 25.2 Å². The average Bonchev–Trinajstić information content (AvgIpc) is 2.80. The van der Waals surface area contributed by atoms with E-state index >= 15 is 0 Å². The van der Waals surface area contributed by atoms with Gasteiger partial charge in [0.25, 0.3) is 5.56 Å². The zero-order valence-electron chi connectivity index (χ0n) is 19.4. The van der Waals surface area contributed by atoms with E-state index in [0.717, 1.165) is 22.5 Å². The number of aromatic hydroxyl groups is 1. The van der Waals surface area contributed by atoms with E-state index in [1.54, 1.807) is 13.0 Å². The molecular weight excluding hydrogens is 554 g/mol. The summed E-state index contributed by atoms with van der Waals surface area (Å²) in [7, 11) is -2.28. The van der Waals surface area contributed by atoms with Gasteiger partial charge in [-0.1, -0.05) is 30.1 Å². The molecule has 0 saturated heterocycles. The minimum absolute atomic E-state index is 0.0327. The summed E-state index contributed by atoms with van der Waals surface area (Å²) in [5.74, 6) is -0.522. The number of rotatable bonds is 7. The van der Waals surface area contributed by atoms with Gasteiger partial charge in [-0.25, -0.2) is 12.7 Å². The summed E-state index contributed by atoms with van der Waals surface area (Å²) in [6.45, 7) is 1.46. The minimum Gasteiger partial charge on any atom is -0.507 e. The lowest BCUT2D eigenvalue weighted by Gasteiger charge is -2.19. The number of benzene rings is 2. The molecule has 0 saturated carbocycles. The zero-order chi connectivity index (χ0) is 27.7. The molecule has 3 rings (SSSR count). The summed E-state index contributed by atoms with van der Waals surface area (Å²) in [4.78, 5) is 15.2. The fraction of sp³-hybridized carbons (Fsp3) is 0.250. The lowest BCUT2D eigenvalue weighted by atomic mass is 9.96. The number of nitrogens with zero attached hydrogens (tertiary/aromatic N) is 2. The number of pyridine rings is 1. The molecule has 0 amide bonds. The number of aromatic nitrogens is 1. The second-order valence-corrected chi connectivity index (χ2v) is 11.2. The molecule has 2 aromatic carbocycles. The number of H-pyrrole nitrogens is 1. The molecule has 0 aliphatic carbocycles. The molecule has 0 radical (unpaired) electrons. The number of hydrogen-bond acceptors (Lipinski definition) is 5. The van der Waals surface area contributed by atoms with Gasteiger partial charge in [0.15, 0.2) is 0 Å². The van der Waals surface area contributed by atoms with Gasteiger partial charge in [0.1, 0.15) is 17.4 Å². The highest BCUT2D eigenvalue weighted by atomic mass is 35.5. The van der Waals surface area contributed by atoms with Crippen molar-refractivity contribution in [2.24, 2.45) is 0 Å². The van der Waals surface area contributed by atoms with Crippen molar-refractivity contribution in [3.63, 3.8) is 0 Å². The number of phenolic OH excluding ortho intramolecular Hbond substituents is 1. The first-order valence-corrected chi connectivity index (χ1v) is 13.1. The van der Waals surface area contributed by atoms with Crippen molar-refractivity contribution in [1.29, 1.82) is 5.26 Å². The third-order valence-corrected chi connectivity index (χ3v) is 8.05. The Bertz CT molecular complexity index is 1570. The van der Waals surface area contributed by atoms with Gasteiger partial charge in [-0.05, 0) is 42.8 Å². The molecule has 0 aliphatic heterocycles. The van der Waals surface area contributed by atoms with Crippen LogP contribution in [0.5, 0.6) is 5.75 Å². The number of sulfonamides is 1. The maximum Gasteiger partial charge on any atom is 0.416 e. The Labute approximate surface area is 220 Å². The second-order valence-electron chi connectivity index (χ2n) is 8.14. The van der Waals surface area contributed by atoms with Crippen molar-refractivity contribution in [3.05, 3.63) is 73.5 Å². The Morgan fingerprint density at radius 3 is 2.38 bits per heavy atom. The maximum atomic E-state index is 13.3. The van der Waals surface area contributed by atoms with Crippen LogP contribution in [0.3, 0.4) is 0 Å². The molecule has 0 fully saturated rings. The number of alkyl halides is 3. The molecule has 2 N–H and O–H groups in total. The highest BCUT2D eigenvalue weighted by Gasteiger charge is 2.31. The number of hydrogen-bond donors (Lipinski definition) is 2. The van der Waals surface area contributed by atoms with Gasteiger partial charge >= 0.3 is 6.18 Å². The van der Waals surface area contributed by atoms with Crippen LogP contribution in [0.15, 0.2) is 41.2 Å². The van der Waals surface area contributed by atoms with Crippen molar-refractivity contribution in [1.82, 2.24) is 9.29 Å². The predicted molar refractivity (Wildman–Crippen MR) is 135 cm³/mol. The van der Waals surface area contributed by atoms with E-state index < -0.39 is 38.6 Å². The van der Waals surface area contributed by atoms with Crippen molar-refractivity contribution >= 4 is 33.2 Å². The van der Waals surface area contributed by atoms with Crippen LogP contribution in [0.25, 0.3) is 22.4 Å². The van der Waals surface area contributed by atoms with Crippen molar-refractivity contribution in [2.75, 3.05) is 12.8 Å². The number of nitriles is 1. The molecule has 0 spiro atoms. The molecule has 7 nitrogen and oxygen atoms in total. The van der Waals surface area contributed by atoms with E-state index in [0.29, 0.717) is 6.42 Å². The first kappa shape index (κ1) is 28.5. The molecule has 0 atom stereocenters. The van der Waals surface area contributed by atoms with Crippen molar-refractivity contribution < 1.29 is 26.7 Å². The Kier molecular flexibility index (Phi) is 8.29. The van der Waals surface area contributed by atoms with Crippen LogP contribution in [0, 0.1) is 11.3 Å². The van der Waals surface area contributed by atoms with E-state index in [1.807, 2.05) is 0 Å². The highest BCUT2D eigenvalue weighted by Crippen LogP contribution is 2.40. The third-order valence-electron chi connectivity index (χ3n) is 5.50. The summed E-state index contributed by atoms with van der Waals surface area (Å²) < 4.78 is 65.8. The number of nitrogens with one attached hydrogen (secondary N) is 1. The van der Waals surface area contributed by atoms with Crippen LogP contribution in [-0.2, 0) is 22.7 Å². The lowest BCUT2D eigenvalue weighted by Crippen LogP contribution is -2.28. The van der Waals surface area contributed by atoms with Crippen LogP contribution in [0.1, 0.15) is 30.0 Å². The molecule has 3 aromatic rings. The zero-order valence-corrected chi connectivity index (χ0v) is 21.8. The van der Waals surface area contributed by atoms with Crippen LogP contribution < -0.4 is 5.56 Å². The van der Waals surface area contributed by atoms with E-state index in [4.69, 9.17) is 23.2 Å². The first-order chi connectivity index (χ1) is 17.2. The molecule has 1 aromatic heterocycles. The molecule has 1 heterocycles. The molecule has 13 heteroatoms. The number of phenols is 1. The van der Waals surface area contributed by atoms with Crippen LogP contribution in [-0.4, -0.2) is 35.6 Å². The largest absolute Gasteiger partial charge is 0.507 e. The van der Waals surface area contributed by atoms with Gasteiger partial charge in [0.05, 0.1) is 17.0 Å². The topological polar surface area (TPSA) is 114 Å². The molecule has 0 unspecified atom stereocenters. The first-order valence-electron chi connectivity index (χ1n) is 10.7. The van der Waals surface area contributed by atoms with Gasteiger partial charge in [-0.15, -0.1) is 0 Å². The van der Waals surface area contributed by atoms with E-state index in [-0.39, 0.29) is 50.3 Å². The Balaban J connectivity index is 2.22. The van der Waals surface area contributed by atoms with Gasteiger partial charge < -0.3 is 10.1 Å². The van der Waals surface area contributed by atoms with Crippen molar-refractivity contribution in [2.45, 2.75) is 26.1 Å². The summed E-state index contributed by atoms with van der Waals surface area (Å²) in [5, 5.41) is 20.4. The quantitative estimate of drug-likeness (QED) is 0.371. The van der Waals surface area contributed by atoms with Gasteiger partial charge in [-0.2, -0.15) is 18.4 Å². The third kappa shape index (κ3) is 6.10. The van der Waals surface area contributed by atoms with Gasteiger partial charge in [0.2, 0.25) is 10.0 Å². The number of halogens is 5. The fourth-order valence-electron chi connectivity index (χ4n) is 3.67. The lowest BCUT2D eigenvalue weighted by molar-refractivity contribution is -0.137. The van der Waals surface area contributed by atoms with Crippen molar-refractivity contribution in [3.8, 4) is 34.2 Å². The second kappa shape index (κ2) is 10.8. The van der Waals surface area contributed by atoms with E-state index in [9.17, 15) is 36.8 Å². The molecule has 0 aliphatic rings. The Morgan fingerprint density at radius 2 is 1.78 bits per heavy atom. The predicted octanol–water partition coefficient (Wildman–Crippen LogP) is 5.78. The SMILES string of the molecule is CCCS(=O)(=O)N(C)Cc1cc(Cl)cc(-c2cc(-c3cc(C(F)(F)F)ccc3Cl)c(C#N)c(=O)[nH]2)c1O. The maximum absolute atomic E-state index is 13.3. The fourth-order valence-corrected chi connectivity index (χ4v) is 5.29.